The molecule has 0 saturated heterocycles. The van der Waals surface area contributed by atoms with Crippen LogP contribution in [0.3, 0.4) is 0 Å². The third-order valence-electron chi connectivity index (χ3n) is 5.44. The monoisotopic (exact) mass is 415 g/mol. The molecule has 0 amide bonds. The second-order valence-electron chi connectivity index (χ2n) is 7.46. The zero-order chi connectivity index (χ0) is 21.6. The fourth-order valence-electron chi connectivity index (χ4n) is 3.53. The van der Waals surface area contributed by atoms with E-state index < -0.39 is 6.10 Å². The Morgan fingerprint density at radius 2 is 1.93 bits per heavy atom. The summed E-state index contributed by atoms with van der Waals surface area (Å²) in [6.07, 6.45) is 1.02. The highest BCUT2D eigenvalue weighted by Crippen LogP contribution is 2.49. The van der Waals surface area contributed by atoms with Crippen LogP contribution in [0.5, 0.6) is 11.5 Å². The summed E-state index contributed by atoms with van der Waals surface area (Å²) in [7, 11) is 3.14. The molecule has 1 fully saturated rings. The molecule has 6 nitrogen and oxygen atoms in total. The number of aliphatic imine (C=N–C) groups is 1. The van der Waals surface area contributed by atoms with Gasteiger partial charge in [0.2, 0.25) is 0 Å². The van der Waals surface area contributed by atoms with E-state index in [1.807, 2.05) is 19.1 Å². The molecule has 1 unspecified atom stereocenters. The third-order valence-corrected chi connectivity index (χ3v) is 5.44. The summed E-state index contributed by atoms with van der Waals surface area (Å²) in [4.78, 5) is 4.67. The Balaban J connectivity index is 1.68. The summed E-state index contributed by atoms with van der Waals surface area (Å²) in [6.45, 7) is 3.38. The normalized spacial score (nSPS) is 16.0. The van der Waals surface area contributed by atoms with E-state index in [2.05, 4.69) is 15.6 Å². The molecule has 0 radical (unpaired) electrons. The molecule has 30 heavy (non-hydrogen) atoms. The molecule has 0 spiro atoms. The first-order valence-corrected chi connectivity index (χ1v) is 10.2. The van der Waals surface area contributed by atoms with Crippen molar-refractivity contribution in [3.05, 3.63) is 59.4 Å². The van der Waals surface area contributed by atoms with Gasteiger partial charge in [0.1, 0.15) is 17.3 Å². The van der Waals surface area contributed by atoms with Gasteiger partial charge in [0.25, 0.3) is 0 Å². The number of nitrogens with zero attached hydrogens (tertiary/aromatic N) is 1. The summed E-state index contributed by atoms with van der Waals surface area (Å²) < 4.78 is 24.8. The van der Waals surface area contributed by atoms with Gasteiger partial charge in [-0.2, -0.15) is 0 Å². The molecule has 2 aromatic carbocycles. The van der Waals surface area contributed by atoms with Crippen LogP contribution in [-0.4, -0.2) is 44.9 Å². The number of ether oxygens (including phenoxy) is 2. The molecule has 3 rings (SSSR count). The van der Waals surface area contributed by atoms with Crippen molar-refractivity contribution in [3.8, 4) is 11.5 Å². The van der Waals surface area contributed by atoms with Crippen LogP contribution >= 0.6 is 0 Å². The standard InChI is InChI=1S/C23H30FN3O3/c1-4-25-22(27-15-23(11-12-23)18-7-5-6-8-19(18)24)26-14-20(28)17-13-16(29-2)9-10-21(17)30-3/h5-10,13,20,28H,4,11-12,14-15H2,1-3H3,(H2,25,26,27). The van der Waals surface area contributed by atoms with Crippen molar-refractivity contribution in [1.82, 2.24) is 10.6 Å². The van der Waals surface area contributed by atoms with Gasteiger partial charge in [-0.15, -0.1) is 0 Å². The maximum absolute atomic E-state index is 14.2. The highest BCUT2D eigenvalue weighted by Gasteiger charge is 2.45. The van der Waals surface area contributed by atoms with Gasteiger partial charge in [-0.3, -0.25) is 4.99 Å². The molecule has 0 aromatic heterocycles. The van der Waals surface area contributed by atoms with Gasteiger partial charge in [0, 0.05) is 24.1 Å². The van der Waals surface area contributed by atoms with Gasteiger partial charge in [-0.05, 0) is 49.6 Å². The van der Waals surface area contributed by atoms with Crippen LogP contribution in [0.2, 0.25) is 0 Å². The smallest absolute Gasteiger partial charge is 0.191 e. The molecule has 1 aliphatic carbocycles. The number of halogens is 1. The SMILES string of the molecule is CCNC(=NCC1(c2ccccc2F)CC1)NCC(O)c1cc(OC)ccc1OC. The summed E-state index contributed by atoms with van der Waals surface area (Å²) in [5, 5.41) is 17.1. The van der Waals surface area contributed by atoms with Crippen molar-refractivity contribution in [2.24, 2.45) is 4.99 Å². The fraction of sp³-hybridized carbons (Fsp3) is 0.435. The van der Waals surface area contributed by atoms with Crippen molar-refractivity contribution in [3.63, 3.8) is 0 Å². The second-order valence-corrected chi connectivity index (χ2v) is 7.46. The first kappa shape index (κ1) is 21.9. The van der Waals surface area contributed by atoms with Gasteiger partial charge in [0.05, 0.1) is 26.9 Å². The van der Waals surface area contributed by atoms with E-state index in [1.165, 1.54) is 6.07 Å². The van der Waals surface area contributed by atoms with E-state index in [-0.39, 0.29) is 17.8 Å². The quantitative estimate of drug-likeness (QED) is 0.433. The lowest BCUT2D eigenvalue weighted by Crippen LogP contribution is -2.40. The number of methoxy groups -OCH3 is 2. The van der Waals surface area contributed by atoms with Gasteiger partial charge in [-0.1, -0.05) is 18.2 Å². The maximum Gasteiger partial charge on any atom is 0.191 e. The van der Waals surface area contributed by atoms with Crippen molar-refractivity contribution >= 4 is 5.96 Å². The van der Waals surface area contributed by atoms with E-state index >= 15 is 0 Å². The van der Waals surface area contributed by atoms with Crippen LogP contribution in [0, 0.1) is 5.82 Å². The Labute approximate surface area is 177 Å². The minimum absolute atomic E-state index is 0.177. The lowest BCUT2D eigenvalue weighted by atomic mass is 9.95. The minimum atomic E-state index is -0.819. The summed E-state index contributed by atoms with van der Waals surface area (Å²) >= 11 is 0. The van der Waals surface area contributed by atoms with E-state index in [0.717, 1.165) is 18.4 Å². The molecule has 0 bridgehead atoms. The van der Waals surface area contributed by atoms with Gasteiger partial charge >= 0.3 is 0 Å². The largest absolute Gasteiger partial charge is 0.497 e. The van der Waals surface area contributed by atoms with E-state index in [9.17, 15) is 9.50 Å². The summed E-state index contributed by atoms with van der Waals surface area (Å²) in [6, 6.07) is 12.2. The molecule has 0 heterocycles. The highest BCUT2D eigenvalue weighted by atomic mass is 19.1. The van der Waals surface area contributed by atoms with Crippen molar-refractivity contribution in [1.29, 1.82) is 0 Å². The number of nitrogens with one attached hydrogen (secondary N) is 2. The Hall–Kier alpha value is -2.80. The fourth-order valence-corrected chi connectivity index (χ4v) is 3.53. The Morgan fingerprint density at radius 1 is 1.17 bits per heavy atom. The highest BCUT2D eigenvalue weighted by molar-refractivity contribution is 5.80. The average Bonchev–Trinajstić information content (AvgIpc) is 3.56. The molecule has 3 N–H and O–H groups in total. The molecular weight excluding hydrogens is 385 g/mol. The Bertz CT molecular complexity index is 884. The zero-order valence-electron chi connectivity index (χ0n) is 17.7. The van der Waals surface area contributed by atoms with Crippen LogP contribution in [0.1, 0.15) is 37.0 Å². The number of hydrogen-bond donors (Lipinski definition) is 3. The number of rotatable bonds is 9. The Morgan fingerprint density at radius 3 is 2.57 bits per heavy atom. The lowest BCUT2D eigenvalue weighted by molar-refractivity contribution is 0.176. The average molecular weight is 416 g/mol. The zero-order valence-corrected chi connectivity index (χ0v) is 17.7. The molecule has 162 valence electrons. The van der Waals surface area contributed by atoms with Gasteiger partial charge in [-0.25, -0.2) is 4.39 Å². The summed E-state index contributed by atoms with van der Waals surface area (Å²) in [5.41, 5.74) is 1.12. The lowest BCUT2D eigenvalue weighted by Gasteiger charge is -2.19. The van der Waals surface area contributed by atoms with E-state index in [1.54, 1.807) is 38.5 Å². The molecule has 2 aromatic rings. The van der Waals surface area contributed by atoms with Gasteiger partial charge in [0.15, 0.2) is 5.96 Å². The molecule has 1 aliphatic rings. The van der Waals surface area contributed by atoms with Crippen LogP contribution in [-0.2, 0) is 5.41 Å². The van der Waals surface area contributed by atoms with Crippen LogP contribution < -0.4 is 20.1 Å². The van der Waals surface area contributed by atoms with Crippen LogP contribution in [0.25, 0.3) is 0 Å². The summed E-state index contributed by atoms with van der Waals surface area (Å²) in [5.74, 6) is 1.64. The molecular formula is C23H30FN3O3. The number of aliphatic hydroxyl groups is 1. The van der Waals surface area contributed by atoms with Crippen molar-refractivity contribution in [2.75, 3.05) is 33.9 Å². The molecule has 1 atom stereocenters. The first-order chi connectivity index (χ1) is 14.5. The number of benzene rings is 2. The van der Waals surface area contributed by atoms with Crippen LogP contribution in [0.4, 0.5) is 4.39 Å². The van der Waals surface area contributed by atoms with Crippen molar-refractivity contribution in [2.45, 2.75) is 31.3 Å². The van der Waals surface area contributed by atoms with Gasteiger partial charge < -0.3 is 25.2 Å². The number of guanidine groups is 1. The number of hydrogen-bond acceptors (Lipinski definition) is 4. The molecule has 7 heteroatoms. The molecule has 0 aliphatic heterocycles. The Kier molecular flexibility index (Phi) is 7.15. The minimum Gasteiger partial charge on any atom is -0.497 e. The maximum atomic E-state index is 14.2. The molecule has 1 saturated carbocycles. The van der Waals surface area contributed by atoms with E-state index in [0.29, 0.717) is 36.1 Å². The third kappa shape index (κ3) is 5.02. The van der Waals surface area contributed by atoms with Crippen molar-refractivity contribution < 1.29 is 19.0 Å². The predicted molar refractivity (Wildman–Crippen MR) is 116 cm³/mol. The predicted octanol–water partition coefficient (Wildman–Crippen LogP) is 3.16. The number of aliphatic hydroxyl groups excluding tert-OH is 1. The second kappa shape index (κ2) is 9.80. The van der Waals surface area contributed by atoms with E-state index in [4.69, 9.17) is 9.47 Å². The first-order valence-electron chi connectivity index (χ1n) is 10.2. The van der Waals surface area contributed by atoms with Crippen LogP contribution in [0.15, 0.2) is 47.5 Å². The topological polar surface area (TPSA) is 75.1 Å².